The van der Waals surface area contributed by atoms with Crippen LogP contribution in [0.15, 0.2) is 0 Å². The Morgan fingerprint density at radius 3 is 2.92 bits per heavy atom. The van der Waals surface area contributed by atoms with Crippen molar-refractivity contribution in [1.29, 1.82) is 0 Å². The first-order valence-corrected chi connectivity index (χ1v) is 4.51. The summed E-state index contributed by atoms with van der Waals surface area (Å²) in [5.74, 6) is 2.52. The van der Waals surface area contributed by atoms with E-state index in [0.29, 0.717) is 18.9 Å². The van der Waals surface area contributed by atoms with E-state index in [0.717, 1.165) is 12.8 Å². The smallest absolute Gasteiger partial charge is 0.0838 e. The summed E-state index contributed by atoms with van der Waals surface area (Å²) in [4.78, 5) is 0. The molecular weight excluding hydrogens is 152 g/mol. The molecule has 0 bridgehead atoms. The Morgan fingerprint density at radius 2 is 2.42 bits per heavy atom. The largest absolute Gasteiger partial charge is 0.390 e. The zero-order valence-corrected chi connectivity index (χ0v) is 7.49. The first-order chi connectivity index (χ1) is 5.74. The molecule has 68 valence electrons. The number of aliphatic hydroxyl groups is 1. The molecule has 1 rings (SSSR count). The van der Waals surface area contributed by atoms with E-state index in [-0.39, 0.29) is 12.2 Å². The molecule has 1 heterocycles. The molecule has 0 saturated carbocycles. The molecule has 12 heavy (non-hydrogen) atoms. The molecule has 0 aliphatic carbocycles. The van der Waals surface area contributed by atoms with E-state index in [1.807, 2.05) is 6.92 Å². The first kappa shape index (κ1) is 9.57. The van der Waals surface area contributed by atoms with Gasteiger partial charge in [0.1, 0.15) is 0 Å². The second-order valence-electron chi connectivity index (χ2n) is 3.37. The van der Waals surface area contributed by atoms with Gasteiger partial charge < -0.3 is 9.84 Å². The standard InChI is InChI=1S/C10H16O2/c1-3-4-5-9(11)10-7-6-8(2)12-10/h1,8-11H,4-7H2,2H3. The molecular formula is C10H16O2. The van der Waals surface area contributed by atoms with Crippen molar-refractivity contribution >= 4 is 0 Å². The fourth-order valence-electron chi connectivity index (χ4n) is 1.53. The normalized spacial score (nSPS) is 31.4. The summed E-state index contributed by atoms with van der Waals surface area (Å²) in [6, 6.07) is 0. The predicted octanol–water partition coefficient (Wildman–Crippen LogP) is 1.33. The monoisotopic (exact) mass is 168 g/mol. The Morgan fingerprint density at radius 1 is 1.67 bits per heavy atom. The van der Waals surface area contributed by atoms with Gasteiger partial charge >= 0.3 is 0 Å². The van der Waals surface area contributed by atoms with Gasteiger partial charge in [0, 0.05) is 6.42 Å². The molecule has 0 aromatic heterocycles. The van der Waals surface area contributed by atoms with Crippen molar-refractivity contribution in [3.63, 3.8) is 0 Å². The fourth-order valence-corrected chi connectivity index (χ4v) is 1.53. The van der Waals surface area contributed by atoms with E-state index < -0.39 is 0 Å². The maximum atomic E-state index is 9.58. The molecule has 0 amide bonds. The van der Waals surface area contributed by atoms with Crippen LogP contribution in [0, 0.1) is 12.3 Å². The number of hydrogen-bond donors (Lipinski definition) is 1. The van der Waals surface area contributed by atoms with Crippen LogP contribution in [0.3, 0.4) is 0 Å². The third-order valence-electron chi connectivity index (χ3n) is 2.28. The highest BCUT2D eigenvalue weighted by molar-refractivity contribution is 4.86. The number of aliphatic hydroxyl groups excluding tert-OH is 1. The maximum Gasteiger partial charge on any atom is 0.0838 e. The topological polar surface area (TPSA) is 29.5 Å². The summed E-state index contributed by atoms with van der Waals surface area (Å²) in [5, 5.41) is 9.58. The van der Waals surface area contributed by atoms with Gasteiger partial charge in [-0.15, -0.1) is 12.3 Å². The zero-order valence-electron chi connectivity index (χ0n) is 7.49. The van der Waals surface area contributed by atoms with Gasteiger partial charge in [-0.05, 0) is 26.2 Å². The van der Waals surface area contributed by atoms with Gasteiger partial charge in [0.15, 0.2) is 0 Å². The molecule has 1 fully saturated rings. The summed E-state index contributed by atoms with van der Waals surface area (Å²) in [6.07, 6.45) is 8.37. The summed E-state index contributed by atoms with van der Waals surface area (Å²) >= 11 is 0. The molecule has 3 unspecified atom stereocenters. The molecule has 0 radical (unpaired) electrons. The molecule has 2 nitrogen and oxygen atoms in total. The number of rotatable bonds is 3. The Bertz CT molecular complexity index is 171. The Labute approximate surface area is 73.9 Å². The number of ether oxygens (including phenoxy) is 1. The summed E-state index contributed by atoms with van der Waals surface area (Å²) in [6.45, 7) is 2.04. The van der Waals surface area contributed by atoms with E-state index in [4.69, 9.17) is 11.2 Å². The summed E-state index contributed by atoms with van der Waals surface area (Å²) < 4.78 is 5.50. The van der Waals surface area contributed by atoms with Crippen LogP contribution < -0.4 is 0 Å². The molecule has 1 N–H and O–H groups in total. The van der Waals surface area contributed by atoms with E-state index in [2.05, 4.69) is 5.92 Å². The Kier molecular flexibility index (Phi) is 3.58. The van der Waals surface area contributed by atoms with Crippen molar-refractivity contribution in [1.82, 2.24) is 0 Å². The van der Waals surface area contributed by atoms with Crippen LogP contribution in [-0.2, 0) is 4.74 Å². The van der Waals surface area contributed by atoms with Crippen molar-refractivity contribution < 1.29 is 9.84 Å². The van der Waals surface area contributed by atoms with Crippen LogP contribution in [0.25, 0.3) is 0 Å². The highest BCUT2D eigenvalue weighted by atomic mass is 16.5. The van der Waals surface area contributed by atoms with Crippen molar-refractivity contribution in [3.05, 3.63) is 0 Å². The minimum absolute atomic E-state index is 0.0216. The molecule has 1 aliphatic heterocycles. The Balaban J connectivity index is 2.24. The minimum atomic E-state index is -0.369. The maximum absolute atomic E-state index is 9.58. The molecule has 0 aromatic carbocycles. The van der Waals surface area contributed by atoms with Gasteiger partial charge in [-0.3, -0.25) is 0 Å². The molecule has 3 atom stereocenters. The third-order valence-corrected chi connectivity index (χ3v) is 2.28. The highest BCUT2D eigenvalue weighted by Crippen LogP contribution is 2.23. The van der Waals surface area contributed by atoms with Crippen molar-refractivity contribution in [2.75, 3.05) is 0 Å². The van der Waals surface area contributed by atoms with Crippen LogP contribution in [0.1, 0.15) is 32.6 Å². The Hall–Kier alpha value is -0.520. The average Bonchev–Trinajstić information content (AvgIpc) is 2.47. The predicted molar refractivity (Wildman–Crippen MR) is 47.6 cm³/mol. The minimum Gasteiger partial charge on any atom is -0.390 e. The van der Waals surface area contributed by atoms with Crippen molar-refractivity contribution in [3.8, 4) is 12.3 Å². The van der Waals surface area contributed by atoms with Gasteiger partial charge in [-0.1, -0.05) is 0 Å². The van der Waals surface area contributed by atoms with Crippen LogP contribution >= 0.6 is 0 Å². The van der Waals surface area contributed by atoms with Crippen molar-refractivity contribution in [2.24, 2.45) is 0 Å². The molecule has 2 heteroatoms. The SMILES string of the molecule is C#CCCC(O)C1CCC(C)O1. The lowest BCUT2D eigenvalue weighted by Crippen LogP contribution is -2.25. The second-order valence-corrected chi connectivity index (χ2v) is 3.37. The van der Waals surface area contributed by atoms with Gasteiger partial charge in [0.25, 0.3) is 0 Å². The van der Waals surface area contributed by atoms with Crippen LogP contribution in [-0.4, -0.2) is 23.4 Å². The summed E-state index contributed by atoms with van der Waals surface area (Å²) in [5.41, 5.74) is 0. The lowest BCUT2D eigenvalue weighted by Gasteiger charge is -2.16. The second kappa shape index (κ2) is 4.49. The van der Waals surface area contributed by atoms with Gasteiger partial charge in [0.05, 0.1) is 18.3 Å². The lowest BCUT2D eigenvalue weighted by atomic mass is 10.1. The molecule has 0 aromatic rings. The van der Waals surface area contributed by atoms with E-state index >= 15 is 0 Å². The van der Waals surface area contributed by atoms with Crippen LogP contribution in [0.2, 0.25) is 0 Å². The molecule has 0 spiro atoms. The first-order valence-electron chi connectivity index (χ1n) is 4.51. The quantitative estimate of drug-likeness (QED) is 0.644. The van der Waals surface area contributed by atoms with Crippen LogP contribution in [0.4, 0.5) is 0 Å². The van der Waals surface area contributed by atoms with Gasteiger partial charge in [-0.2, -0.15) is 0 Å². The summed E-state index contributed by atoms with van der Waals surface area (Å²) in [7, 11) is 0. The average molecular weight is 168 g/mol. The van der Waals surface area contributed by atoms with Crippen LogP contribution in [0.5, 0.6) is 0 Å². The van der Waals surface area contributed by atoms with E-state index in [1.165, 1.54) is 0 Å². The molecule has 1 saturated heterocycles. The fraction of sp³-hybridized carbons (Fsp3) is 0.800. The van der Waals surface area contributed by atoms with Gasteiger partial charge in [-0.25, -0.2) is 0 Å². The third kappa shape index (κ3) is 2.51. The van der Waals surface area contributed by atoms with Crippen molar-refractivity contribution in [2.45, 2.75) is 50.9 Å². The number of terminal acetylenes is 1. The van der Waals surface area contributed by atoms with E-state index in [9.17, 15) is 5.11 Å². The van der Waals surface area contributed by atoms with Gasteiger partial charge in [0.2, 0.25) is 0 Å². The molecule has 1 aliphatic rings. The number of hydrogen-bond acceptors (Lipinski definition) is 2. The van der Waals surface area contributed by atoms with E-state index in [1.54, 1.807) is 0 Å². The lowest BCUT2D eigenvalue weighted by molar-refractivity contribution is -0.0307. The highest BCUT2D eigenvalue weighted by Gasteiger charge is 2.27. The zero-order chi connectivity index (χ0) is 8.97.